The summed E-state index contributed by atoms with van der Waals surface area (Å²) in [5.41, 5.74) is 16.7. The van der Waals surface area contributed by atoms with E-state index in [9.17, 15) is 0 Å². The Morgan fingerprint density at radius 2 is 0.729 bits per heavy atom. The van der Waals surface area contributed by atoms with Gasteiger partial charge in [0.25, 0.3) is 0 Å². The highest BCUT2D eigenvalue weighted by Gasteiger charge is 2.48. The van der Waals surface area contributed by atoms with Crippen LogP contribution in [-0.2, 0) is 5.41 Å². The lowest BCUT2D eigenvalue weighted by Gasteiger charge is -2.34. The molecule has 0 atom stereocenters. The van der Waals surface area contributed by atoms with Crippen LogP contribution in [0.15, 0.2) is 237 Å². The van der Waals surface area contributed by atoms with E-state index in [2.05, 4.69) is 241 Å². The van der Waals surface area contributed by atoms with Gasteiger partial charge in [-0.15, -0.1) is 11.3 Å². The van der Waals surface area contributed by atoms with Crippen LogP contribution in [0.4, 0.5) is 17.1 Å². The molecule has 0 amide bonds. The van der Waals surface area contributed by atoms with Crippen molar-refractivity contribution >= 4 is 38.5 Å². The molecular formula is C57H39NS. The second-order valence-electron chi connectivity index (χ2n) is 15.3. The summed E-state index contributed by atoms with van der Waals surface area (Å²) in [6, 6.07) is 86.4. The van der Waals surface area contributed by atoms with Crippen molar-refractivity contribution < 1.29 is 0 Å². The zero-order valence-corrected chi connectivity index (χ0v) is 33.2. The first-order valence-electron chi connectivity index (χ1n) is 20.3. The van der Waals surface area contributed by atoms with Crippen molar-refractivity contribution in [2.75, 3.05) is 4.90 Å². The van der Waals surface area contributed by atoms with Crippen molar-refractivity contribution in [2.24, 2.45) is 0 Å². The van der Waals surface area contributed by atoms with Crippen molar-refractivity contribution in [2.45, 2.75) is 5.41 Å². The maximum absolute atomic E-state index is 2.47. The quantitative estimate of drug-likeness (QED) is 0.149. The minimum atomic E-state index is -0.461. The summed E-state index contributed by atoms with van der Waals surface area (Å²) < 4.78 is 1.33. The Bertz CT molecular complexity index is 2920. The summed E-state index contributed by atoms with van der Waals surface area (Å²) in [5, 5.41) is 1.33. The molecule has 1 aromatic heterocycles. The summed E-state index contributed by atoms with van der Waals surface area (Å²) in [5.74, 6) is 0. The lowest BCUT2D eigenvalue weighted by molar-refractivity contribution is 0.777. The zero-order chi connectivity index (χ0) is 39.2. The van der Waals surface area contributed by atoms with E-state index in [1.807, 2.05) is 11.3 Å². The lowest BCUT2D eigenvalue weighted by atomic mass is 9.67. The van der Waals surface area contributed by atoms with Gasteiger partial charge in [0.2, 0.25) is 0 Å². The molecule has 1 heterocycles. The van der Waals surface area contributed by atoms with Crippen LogP contribution in [0.3, 0.4) is 0 Å². The average Bonchev–Trinajstić information content (AvgIpc) is 3.84. The van der Waals surface area contributed by atoms with Crippen molar-refractivity contribution in [3.05, 3.63) is 259 Å². The second-order valence-corrected chi connectivity index (χ2v) is 16.3. The number of hydrogen-bond donors (Lipinski definition) is 0. The van der Waals surface area contributed by atoms with E-state index in [0.29, 0.717) is 0 Å². The fraction of sp³-hybridized carbons (Fsp3) is 0.0175. The smallest absolute Gasteiger partial charge is 0.0728 e. The van der Waals surface area contributed by atoms with E-state index in [1.165, 1.54) is 76.2 Å². The molecule has 0 radical (unpaired) electrons. The van der Waals surface area contributed by atoms with Crippen LogP contribution >= 0.6 is 11.3 Å². The van der Waals surface area contributed by atoms with E-state index in [-0.39, 0.29) is 0 Å². The minimum absolute atomic E-state index is 0.461. The van der Waals surface area contributed by atoms with Gasteiger partial charge in [-0.25, -0.2) is 0 Å². The monoisotopic (exact) mass is 769 g/mol. The number of thiophene rings is 1. The minimum Gasteiger partial charge on any atom is -0.311 e. The molecule has 11 rings (SSSR count). The molecule has 0 spiro atoms. The number of benzene rings is 9. The Labute approximate surface area is 349 Å². The molecule has 59 heavy (non-hydrogen) atoms. The molecule has 10 aromatic rings. The van der Waals surface area contributed by atoms with Gasteiger partial charge in [-0.1, -0.05) is 188 Å². The molecule has 2 heteroatoms. The normalized spacial score (nSPS) is 12.5. The van der Waals surface area contributed by atoms with Crippen LogP contribution < -0.4 is 4.90 Å². The Morgan fingerprint density at radius 1 is 0.339 bits per heavy atom. The molecule has 0 fully saturated rings. The lowest BCUT2D eigenvalue weighted by Crippen LogP contribution is -2.28. The molecule has 0 aliphatic heterocycles. The maximum atomic E-state index is 2.47. The summed E-state index contributed by atoms with van der Waals surface area (Å²) in [6.07, 6.45) is 0. The van der Waals surface area contributed by atoms with Crippen LogP contribution in [0.2, 0.25) is 0 Å². The molecule has 1 aliphatic carbocycles. The van der Waals surface area contributed by atoms with E-state index in [4.69, 9.17) is 0 Å². The Balaban J connectivity index is 1.03. The Hall–Kier alpha value is -7.26. The van der Waals surface area contributed by atoms with Crippen LogP contribution in [0.5, 0.6) is 0 Å². The standard InChI is InChI=1S/C57H39NS/c1-5-15-40(16-6-1)42-25-32-48(33-26-42)58(49-34-27-43(28-35-49)41-17-7-2-8-18-41)50-36-29-44(30-37-50)45-31-38-51-53(39-45)57(46-19-9-3-10-20-46,47-21-11-4-12-22-47)55-52-23-13-14-24-54(52)59-56(51)55/h1-39H. The molecule has 0 unspecified atom stereocenters. The number of rotatable bonds is 8. The van der Waals surface area contributed by atoms with E-state index < -0.39 is 5.41 Å². The predicted octanol–water partition coefficient (Wildman–Crippen LogP) is 15.7. The van der Waals surface area contributed by atoms with Gasteiger partial charge in [0, 0.05) is 26.6 Å². The van der Waals surface area contributed by atoms with Gasteiger partial charge in [0.15, 0.2) is 0 Å². The molecule has 1 nitrogen and oxygen atoms in total. The van der Waals surface area contributed by atoms with Crippen LogP contribution in [0, 0.1) is 0 Å². The molecule has 0 saturated carbocycles. The third kappa shape index (κ3) is 5.92. The van der Waals surface area contributed by atoms with Crippen molar-refractivity contribution in [3.63, 3.8) is 0 Å². The third-order valence-electron chi connectivity index (χ3n) is 12.0. The summed E-state index contributed by atoms with van der Waals surface area (Å²) in [4.78, 5) is 3.72. The highest BCUT2D eigenvalue weighted by Crippen LogP contribution is 2.61. The van der Waals surface area contributed by atoms with Gasteiger partial charge >= 0.3 is 0 Å². The first kappa shape index (κ1) is 34.9. The van der Waals surface area contributed by atoms with Gasteiger partial charge in [0.1, 0.15) is 0 Å². The van der Waals surface area contributed by atoms with Gasteiger partial charge in [0.05, 0.1) is 5.41 Å². The first-order valence-corrected chi connectivity index (χ1v) is 21.1. The molecule has 9 aromatic carbocycles. The SMILES string of the molecule is c1ccc(-c2ccc(N(c3ccc(-c4ccccc4)cc3)c3ccc(-c4ccc5c(c4)C(c4ccccc4)(c4ccccc4)c4c-5sc5ccccc45)cc3)cc2)cc1. The highest BCUT2D eigenvalue weighted by molar-refractivity contribution is 7.22. The third-order valence-corrected chi connectivity index (χ3v) is 13.2. The molecular weight excluding hydrogens is 731 g/mol. The van der Waals surface area contributed by atoms with Crippen LogP contribution in [0.25, 0.3) is 53.9 Å². The second kappa shape index (κ2) is 14.6. The largest absolute Gasteiger partial charge is 0.311 e. The number of hydrogen-bond acceptors (Lipinski definition) is 2. The van der Waals surface area contributed by atoms with E-state index in [0.717, 1.165) is 17.1 Å². The van der Waals surface area contributed by atoms with Gasteiger partial charge in [-0.05, 0) is 115 Å². The Morgan fingerprint density at radius 3 is 1.22 bits per heavy atom. The van der Waals surface area contributed by atoms with Gasteiger partial charge < -0.3 is 4.90 Å². The van der Waals surface area contributed by atoms with Gasteiger partial charge in [-0.3, -0.25) is 0 Å². The van der Waals surface area contributed by atoms with Crippen LogP contribution in [0.1, 0.15) is 22.3 Å². The summed E-state index contributed by atoms with van der Waals surface area (Å²) >= 11 is 1.92. The molecule has 0 N–H and O–H groups in total. The first-order chi connectivity index (χ1) is 29.3. The average molecular weight is 770 g/mol. The topological polar surface area (TPSA) is 3.24 Å². The summed E-state index contributed by atoms with van der Waals surface area (Å²) in [7, 11) is 0. The molecule has 1 aliphatic rings. The number of nitrogens with zero attached hydrogens (tertiary/aromatic N) is 1. The van der Waals surface area contributed by atoms with Crippen molar-refractivity contribution in [3.8, 4) is 43.8 Å². The van der Waals surface area contributed by atoms with E-state index >= 15 is 0 Å². The fourth-order valence-electron chi connectivity index (χ4n) is 9.23. The highest BCUT2D eigenvalue weighted by atomic mass is 32.1. The van der Waals surface area contributed by atoms with Crippen LogP contribution in [-0.4, -0.2) is 0 Å². The van der Waals surface area contributed by atoms with Crippen molar-refractivity contribution in [1.29, 1.82) is 0 Å². The maximum Gasteiger partial charge on any atom is 0.0728 e. The fourth-order valence-corrected chi connectivity index (χ4v) is 10.5. The predicted molar refractivity (Wildman–Crippen MR) is 250 cm³/mol. The molecule has 0 saturated heterocycles. The molecule has 0 bridgehead atoms. The molecule has 278 valence electrons. The number of anilines is 3. The zero-order valence-electron chi connectivity index (χ0n) is 32.4. The Kier molecular flexibility index (Phi) is 8.65. The summed E-state index contributed by atoms with van der Waals surface area (Å²) in [6.45, 7) is 0. The van der Waals surface area contributed by atoms with Crippen molar-refractivity contribution in [1.82, 2.24) is 0 Å². The number of fused-ring (bicyclic) bond motifs is 5. The van der Waals surface area contributed by atoms with Gasteiger partial charge in [-0.2, -0.15) is 0 Å². The van der Waals surface area contributed by atoms with E-state index in [1.54, 1.807) is 0 Å².